The summed E-state index contributed by atoms with van der Waals surface area (Å²) < 4.78 is 7.47. The second-order valence-corrected chi connectivity index (χ2v) is 5.61. The smallest absolute Gasteiger partial charge is 0.322 e. The van der Waals surface area contributed by atoms with Gasteiger partial charge in [0.05, 0.1) is 5.56 Å². The molecule has 25 heavy (non-hydrogen) atoms. The number of Topliss-reactive ketones (excluding diaryl/α,β-unsaturated/α-hetero) is 1. The third-order valence-electron chi connectivity index (χ3n) is 3.64. The van der Waals surface area contributed by atoms with Gasteiger partial charge in [0.1, 0.15) is 24.6 Å². The highest BCUT2D eigenvalue weighted by Crippen LogP contribution is 2.23. The van der Waals surface area contributed by atoms with Crippen molar-refractivity contribution in [1.82, 2.24) is 9.78 Å². The third-order valence-corrected chi connectivity index (χ3v) is 3.64. The van der Waals surface area contributed by atoms with E-state index in [0.29, 0.717) is 17.0 Å². The molecule has 0 saturated heterocycles. The number of aryl methyl sites for hydroxylation is 2. The van der Waals surface area contributed by atoms with Gasteiger partial charge in [0, 0.05) is 25.4 Å². The molecule has 1 aromatic heterocycles. The van der Waals surface area contributed by atoms with E-state index in [4.69, 9.17) is 15.3 Å². The van der Waals surface area contributed by atoms with Gasteiger partial charge >= 0.3 is 5.97 Å². The van der Waals surface area contributed by atoms with Crippen molar-refractivity contribution in [2.45, 2.75) is 20.5 Å². The van der Waals surface area contributed by atoms with Crippen LogP contribution in [0, 0.1) is 6.92 Å². The van der Waals surface area contributed by atoms with Gasteiger partial charge in [0.25, 0.3) is 0 Å². The summed E-state index contributed by atoms with van der Waals surface area (Å²) in [5.74, 6) is -0.822. The van der Waals surface area contributed by atoms with E-state index in [9.17, 15) is 9.59 Å². The molecular weight excluding hydrogens is 324 g/mol. The number of nitrogens with one attached hydrogen (secondary N) is 1. The van der Waals surface area contributed by atoms with E-state index in [-0.39, 0.29) is 24.6 Å². The zero-order valence-electron chi connectivity index (χ0n) is 14.4. The Morgan fingerprint density at radius 1 is 1.36 bits per heavy atom. The van der Waals surface area contributed by atoms with Crippen molar-refractivity contribution in [3.05, 3.63) is 41.2 Å². The summed E-state index contributed by atoms with van der Waals surface area (Å²) in [6, 6.07) is 6.83. The minimum absolute atomic E-state index is 0.0343. The molecule has 0 aliphatic rings. The first-order valence-corrected chi connectivity index (χ1v) is 7.63. The van der Waals surface area contributed by atoms with Crippen LogP contribution in [0.3, 0.4) is 0 Å². The Hall–Kier alpha value is -3.16. The van der Waals surface area contributed by atoms with Crippen molar-refractivity contribution in [2.75, 3.05) is 11.9 Å². The molecule has 0 unspecified atom stereocenters. The predicted octanol–water partition coefficient (Wildman–Crippen LogP) is -0.0588. The maximum Gasteiger partial charge on any atom is 0.322 e. The fourth-order valence-corrected chi connectivity index (χ4v) is 2.21. The minimum Gasteiger partial charge on any atom is -0.487 e. The molecular formula is C17H21N4O4+. The zero-order chi connectivity index (χ0) is 18.6. The quantitative estimate of drug-likeness (QED) is 0.577. The Bertz CT molecular complexity index is 807. The summed E-state index contributed by atoms with van der Waals surface area (Å²) in [7, 11) is 1.85. The lowest BCUT2D eigenvalue weighted by Gasteiger charge is -2.11. The number of benzene rings is 1. The van der Waals surface area contributed by atoms with Crippen LogP contribution in [-0.2, 0) is 23.2 Å². The van der Waals surface area contributed by atoms with E-state index in [0.717, 1.165) is 11.4 Å². The van der Waals surface area contributed by atoms with Crippen LogP contribution in [-0.4, -0.2) is 38.9 Å². The number of hydrogen-bond acceptors (Lipinski definition) is 5. The van der Waals surface area contributed by atoms with Gasteiger partial charge in [-0.2, -0.15) is 5.10 Å². The van der Waals surface area contributed by atoms with Crippen LogP contribution >= 0.6 is 0 Å². The number of rotatable bonds is 8. The second-order valence-electron chi connectivity index (χ2n) is 5.61. The molecule has 0 aliphatic carbocycles. The number of nitrogens with two attached hydrogens (primary N) is 1. The van der Waals surface area contributed by atoms with Gasteiger partial charge in [-0.05, 0) is 31.2 Å². The van der Waals surface area contributed by atoms with Crippen LogP contribution in [0.2, 0.25) is 0 Å². The van der Waals surface area contributed by atoms with Gasteiger partial charge in [-0.3, -0.25) is 19.7 Å². The SMILES string of the molecule is CC(=O)C(=[NH2+])c1cc(OCc2cc(C)n(C)n2)ccc1NCC(=O)O. The van der Waals surface area contributed by atoms with Crippen molar-refractivity contribution < 1.29 is 24.8 Å². The van der Waals surface area contributed by atoms with Crippen LogP contribution in [0.1, 0.15) is 23.9 Å². The number of carboxylic acids is 1. The molecule has 0 radical (unpaired) electrons. The van der Waals surface area contributed by atoms with Crippen LogP contribution in [0.15, 0.2) is 24.3 Å². The van der Waals surface area contributed by atoms with Crippen LogP contribution in [0.4, 0.5) is 5.69 Å². The highest BCUT2D eigenvalue weighted by atomic mass is 16.5. The van der Waals surface area contributed by atoms with E-state index >= 15 is 0 Å². The van der Waals surface area contributed by atoms with Gasteiger partial charge in [-0.25, -0.2) is 0 Å². The summed E-state index contributed by atoms with van der Waals surface area (Å²) in [5.41, 5.74) is 2.69. The Kier molecular flexibility index (Phi) is 5.53. The number of carboxylic acid groups (broad SMARTS) is 1. The number of carbonyl (C=O) groups excluding carboxylic acids is 1. The number of carbonyl (C=O) groups is 2. The lowest BCUT2D eigenvalue weighted by Crippen LogP contribution is -2.45. The van der Waals surface area contributed by atoms with Gasteiger partial charge in [0.15, 0.2) is 0 Å². The molecule has 0 atom stereocenters. The average molecular weight is 345 g/mol. The number of ether oxygens (including phenoxy) is 1. The summed E-state index contributed by atoms with van der Waals surface area (Å²) in [4.78, 5) is 22.3. The van der Waals surface area contributed by atoms with Crippen LogP contribution in [0.25, 0.3) is 0 Å². The molecule has 2 rings (SSSR count). The number of anilines is 1. The Labute approximate surface area is 144 Å². The Balaban J connectivity index is 2.21. The van der Waals surface area contributed by atoms with Gasteiger partial charge in [-0.15, -0.1) is 0 Å². The van der Waals surface area contributed by atoms with Gasteiger partial charge in [0.2, 0.25) is 11.5 Å². The summed E-state index contributed by atoms with van der Waals surface area (Å²) in [6.45, 7) is 3.27. The molecule has 2 aromatic rings. The fourth-order valence-electron chi connectivity index (χ4n) is 2.21. The lowest BCUT2D eigenvalue weighted by molar-refractivity contribution is -0.135. The monoisotopic (exact) mass is 345 g/mol. The Morgan fingerprint density at radius 3 is 2.64 bits per heavy atom. The molecule has 8 nitrogen and oxygen atoms in total. The van der Waals surface area contributed by atoms with E-state index in [1.807, 2.05) is 20.0 Å². The maximum atomic E-state index is 11.6. The molecule has 0 amide bonds. The molecule has 0 aliphatic heterocycles. The van der Waals surface area contributed by atoms with E-state index in [1.54, 1.807) is 22.9 Å². The fraction of sp³-hybridized carbons (Fsp3) is 0.294. The molecule has 132 valence electrons. The number of aliphatic carboxylic acids is 1. The number of hydrogen-bond donors (Lipinski definition) is 3. The summed E-state index contributed by atoms with van der Waals surface area (Å²) >= 11 is 0. The molecule has 1 aromatic carbocycles. The molecule has 0 spiro atoms. The van der Waals surface area contributed by atoms with Crippen LogP contribution in [0.5, 0.6) is 5.75 Å². The first-order chi connectivity index (χ1) is 11.8. The van der Waals surface area contributed by atoms with Gasteiger partial charge in [-0.1, -0.05) is 0 Å². The first-order valence-electron chi connectivity index (χ1n) is 7.63. The molecule has 0 bridgehead atoms. The second kappa shape index (κ2) is 7.61. The van der Waals surface area contributed by atoms with Crippen molar-refractivity contribution in [3.63, 3.8) is 0 Å². The molecule has 4 N–H and O–H groups in total. The minimum atomic E-state index is -1.02. The standard InChI is InChI=1S/C17H20N4O4/c1-10-6-12(20-21(10)3)9-25-13-4-5-15(19-8-16(23)24)14(7-13)17(18)11(2)22/h4-7,18-19H,8-9H2,1-3H3,(H,23,24)/p+1. The van der Waals surface area contributed by atoms with E-state index in [1.165, 1.54) is 6.92 Å². The number of aromatic nitrogens is 2. The first kappa shape index (κ1) is 18.2. The molecule has 0 fully saturated rings. The summed E-state index contributed by atoms with van der Waals surface area (Å²) in [5, 5.41) is 21.7. The van der Waals surface area contributed by atoms with E-state index < -0.39 is 5.97 Å². The van der Waals surface area contributed by atoms with E-state index in [2.05, 4.69) is 10.4 Å². The highest BCUT2D eigenvalue weighted by Gasteiger charge is 2.19. The number of nitrogens with zero attached hydrogens (tertiary/aromatic N) is 2. The molecule has 0 saturated carbocycles. The largest absolute Gasteiger partial charge is 0.487 e. The van der Waals surface area contributed by atoms with Crippen molar-refractivity contribution in [2.24, 2.45) is 7.05 Å². The van der Waals surface area contributed by atoms with Crippen LogP contribution < -0.4 is 15.5 Å². The summed E-state index contributed by atoms with van der Waals surface area (Å²) in [6.07, 6.45) is 0. The maximum absolute atomic E-state index is 11.6. The Morgan fingerprint density at radius 2 is 2.08 bits per heavy atom. The van der Waals surface area contributed by atoms with Crippen molar-refractivity contribution >= 4 is 23.2 Å². The van der Waals surface area contributed by atoms with Crippen molar-refractivity contribution in [1.29, 1.82) is 0 Å². The normalized spacial score (nSPS) is 10.4. The topological polar surface area (TPSA) is 119 Å². The zero-order valence-corrected chi connectivity index (χ0v) is 14.4. The molecule has 1 heterocycles. The highest BCUT2D eigenvalue weighted by molar-refractivity contribution is 6.44. The molecule has 8 heteroatoms. The average Bonchev–Trinajstić information content (AvgIpc) is 2.88. The van der Waals surface area contributed by atoms with Gasteiger partial charge < -0.3 is 15.2 Å². The lowest BCUT2D eigenvalue weighted by atomic mass is 10.0. The predicted molar refractivity (Wildman–Crippen MR) is 91.6 cm³/mol. The third kappa shape index (κ3) is 4.66. The number of ketones is 1. The van der Waals surface area contributed by atoms with Crippen molar-refractivity contribution in [3.8, 4) is 5.75 Å².